The summed E-state index contributed by atoms with van der Waals surface area (Å²) in [5.41, 5.74) is 0. The van der Waals surface area contributed by atoms with Crippen LogP contribution in [0.1, 0.15) is 19.8 Å². The number of hydrogen-bond donors (Lipinski definition) is 0. The van der Waals surface area contributed by atoms with Gasteiger partial charge in [-0.2, -0.15) is 5.26 Å². The molecule has 0 aromatic rings. The van der Waals surface area contributed by atoms with Crippen LogP contribution in [-0.2, 0) is 0 Å². The first kappa shape index (κ1) is 13.2. The molecule has 0 amide bonds. The van der Waals surface area contributed by atoms with Gasteiger partial charge in [0.1, 0.15) is 6.20 Å². The lowest BCUT2D eigenvalue weighted by atomic mass is 10.3. The fraction of sp³-hybridized carbons (Fsp3) is 0.500. The van der Waals surface area contributed by atoms with E-state index in [0.717, 1.165) is 4.48 Å². The highest BCUT2D eigenvalue weighted by atomic mass is 15.3. The summed E-state index contributed by atoms with van der Waals surface area (Å²) >= 11 is 0. The van der Waals surface area contributed by atoms with Crippen LogP contribution in [0, 0.1) is 11.5 Å². The van der Waals surface area contributed by atoms with Gasteiger partial charge in [0.25, 0.3) is 0 Å². The number of nitriles is 1. The third kappa shape index (κ3) is 6.33. The zero-order chi connectivity index (χ0) is 11.6. The van der Waals surface area contributed by atoms with Crippen molar-refractivity contribution in [3.8, 4) is 6.19 Å². The number of nitrogens with zero attached hydrogens (tertiary/aromatic N) is 5. The van der Waals surface area contributed by atoms with Gasteiger partial charge in [-0.1, -0.05) is 13.3 Å². The second-order valence-electron chi connectivity index (χ2n) is 3.30. The van der Waals surface area contributed by atoms with Crippen LogP contribution < -0.4 is 0 Å². The van der Waals surface area contributed by atoms with Crippen molar-refractivity contribution in [2.24, 2.45) is 9.98 Å². The average Bonchev–Trinajstić information content (AvgIpc) is 2.65. The molecule has 1 aliphatic rings. The second kappa shape index (κ2) is 7.63. The van der Waals surface area contributed by atoms with Gasteiger partial charge in [-0.25, -0.2) is 4.99 Å². The Labute approximate surface area is 90.2 Å². The van der Waals surface area contributed by atoms with Crippen LogP contribution in [0.15, 0.2) is 22.4 Å². The van der Waals surface area contributed by atoms with Crippen LogP contribution in [0.3, 0.4) is 0 Å². The van der Waals surface area contributed by atoms with Gasteiger partial charge >= 0.3 is 0 Å². The lowest BCUT2D eigenvalue weighted by Gasteiger charge is -2.20. The Bertz CT molecular complexity index is 305. The summed E-state index contributed by atoms with van der Waals surface area (Å²) in [6.45, 7) is 3.39. The van der Waals surface area contributed by atoms with Crippen LogP contribution in [0.25, 0.3) is 5.41 Å². The minimum atomic E-state index is 0.883. The maximum absolute atomic E-state index is 7.43. The predicted molar refractivity (Wildman–Crippen MR) is 60.0 cm³/mol. The van der Waals surface area contributed by atoms with Gasteiger partial charge in [0.05, 0.1) is 26.0 Å². The molecule has 1 unspecified atom stereocenters. The van der Waals surface area contributed by atoms with Crippen LogP contribution in [0.4, 0.5) is 0 Å². The van der Waals surface area contributed by atoms with E-state index in [1.807, 2.05) is 12.5 Å². The standard InChI is InChI=1S/C8H15N2.C2N3/c1-3-4-6-10(2)7-5-9-8-10;3-1-5-2-4/h5,7-8H,3-4,6H2,1-2H3;/q+1;-1. The Balaban J connectivity index is 0.000000336. The molecule has 0 bridgehead atoms. The quantitative estimate of drug-likeness (QED) is 0.394. The van der Waals surface area contributed by atoms with Crippen molar-refractivity contribution < 1.29 is 4.48 Å². The highest BCUT2D eigenvalue weighted by molar-refractivity contribution is 5.50. The highest BCUT2D eigenvalue weighted by Gasteiger charge is 2.17. The average molecular weight is 205 g/mol. The number of hydrogen-bond acceptors (Lipinski definition) is 3. The lowest BCUT2D eigenvalue weighted by molar-refractivity contribution is -0.756. The smallest absolute Gasteiger partial charge is 0.194 e. The molecular formula is C10H15N5. The molecule has 5 heteroatoms. The van der Waals surface area contributed by atoms with Crippen molar-refractivity contribution in [2.75, 3.05) is 13.6 Å². The molecule has 0 fully saturated rings. The van der Waals surface area contributed by atoms with Gasteiger partial charge in [0.2, 0.25) is 0 Å². The zero-order valence-electron chi connectivity index (χ0n) is 9.09. The number of unbranched alkanes of at least 4 members (excludes halogenated alkanes) is 1. The molecule has 0 saturated carbocycles. The van der Waals surface area contributed by atoms with Crippen molar-refractivity contribution >= 4 is 12.3 Å². The van der Waals surface area contributed by atoms with Crippen molar-refractivity contribution in [2.45, 2.75) is 19.8 Å². The minimum Gasteiger partial charge on any atom is -0.422 e. The summed E-state index contributed by atoms with van der Waals surface area (Å²) < 4.78 is 0.883. The van der Waals surface area contributed by atoms with E-state index in [2.05, 4.69) is 30.2 Å². The van der Waals surface area contributed by atoms with E-state index in [4.69, 9.17) is 10.7 Å². The summed E-state index contributed by atoms with van der Waals surface area (Å²) in [5.74, 6) is 0. The van der Waals surface area contributed by atoms with E-state index < -0.39 is 0 Å². The third-order valence-corrected chi connectivity index (χ3v) is 1.92. The number of aliphatic imine (C=N–C) groups is 2. The van der Waals surface area contributed by atoms with Gasteiger partial charge in [-0.3, -0.25) is 4.48 Å². The number of quaternary nitrogens is 1. The van der Waals surface area contributed by atoms with Gasteiger partial charge in [-0.15, -0.1) is 6.01 Å². The molecular weight excluding hydrogens is 190 g/mol. The van der Waals surface area contributed by atoms with E-state index >= 15 is 0 Å². The molecule has 15 heavy (non-hydrogen) atoms. The molecule has 1 aliphatic heterocycles. The number of rotatable bonds is 3. The summed E-state index contributed by atoms with van der Waals surface area (Å²) in [7, 11) is 2.17. The molecule has 0 aromatic heterocycles. The van der Waals surface area contributed by atoms with E-state index in [-0.39, 0.29) is 0 Å². The molecule has 0 N–H and O–H groups in total. The molecule has 0 spiro atoms. The van der Waals surface area contributed by atoms with Gasteiger partial charge in [0, 0.05) is 0 Å². The fourth-order valence-corrected chi connectivity index (χ4v) is 1.07. The van der Waals surface area contributed by atoms with Gasteiger partial charge < -0.3 is 10.4 Å². The predicted octanol–water partition coefficient (Wildman–Crippen LogP) is 1.96. The fourth-order valence-electron chi connectivity index (χ4n) is 1.07. The lowest BCUT2D eigenvalue weighted by Crippen LogP contribution is -2.35. The zero-order valence-corrected chi connectivity index (χ0v) is 9.09. The van der Waals surface area contributed by atoms with Crippen LogP contribution in [-0.4, -0.2) is 30.4 Å². The summed E-state index contributed by atoms with van der Waals surface area (Å²) in [4.78, 5) is 6.64. The minimum absolute atomic E-state index is 0.883. The van der Waals surface area contributed by atoms with E-state index in [1.54, 1.807) is 0 Å². The van der Waals surface area contributed by atoms with Crippen molar-refractivity contribution in [3.63, 3.8) is 0 Å². The van der Waals surface area contributed by atoms with Crippen molar-refractivity contribution in [3.05, 3.63) is 17.8 Å². The molecule has 1 heterocycles. The van der Waals surface area contributed by atoms with E-state index in [1.165, 1.54) is 31.6 Å². The van der Waals surface area contributed by atoms with Crippen LogP contribution in [0.5, 0.6) is 0 Å². The first-order chi connectivity index (χ1) is 7.18. The maximum Gasteiger partial charge on any atom is 0.194 e. The molecule has 5 nitrogen and oxygen atoms in total. The largest absolute Gasteiger partial charge is 0.422 e. The first-order valence-corrected chi connectivity index (χ1v) is 4.73. The van der Waals surface area contributed by atoms with Gasteiger partial charge in [0.15, 0.2) is 6.34 Å². The van der Waals surface area contributed by atoms with E-state index in [0.29, 0.717) is 0 Å². The maximum atomic E-state index is 7.43. The topological polar surface area (TPSA) is 70.8 Å². The third-order valence-electron chi connectivity index (χ3n) is 1.92. The molecule has 0 aromatic carbocycles. The van der Waals surface area contributed by atoms with Crippen molar-refractivity contribution in [1.82, 2.24) is 0 Å². The Hall–Kier alpha value is -1.76. The molecule has 1 rings (SSSR count). The highest BCUT2D eigenvalue weighted by Crippen LogP contribution is 2.08. The van der Waals surface area contributed by atoms with E-state index in [9.17, 15) is 0 Å². The van der Waals surface area contributed by atoms with Crippen LogP contribution in [0.2, 0.25) is 0 Å². The molecule has 0 radical (unpaired) electrons. The molecule has 1 atom stereocenters. The van der Waals surface area contributed by atoms with Crippen LogP contribution >= 0.6 is 0 Å². The first-order valence-electron chi connectivity index (χ1n) is 4.73. The molecule has 0 saturated heterocycles. The van der Waals surface area contributed by atoms with Gasteiger partial charge in [-0.05, 0) is 6.42 Å². The monoisotopic (exact) mass is 205 g/mol. The summed E-state index contributed by atoms with van der Waals surface area (Å²) in [6, 6.07) is 1.28. The summed E-state index contributed by atoms with van der Waals surface area (Å²) in [5, 5.41) is 14.9. The Morgan fingerprint density at radius 3 is 2.67 bits per heavy atom. The molecule has 80 valence electrons. The molecule has 0 aliphatic carbocycles. The Morgan fingerprint density at radius 1 is 1.60 bits per heavy atom. The SMILES string of the molecule is CCCC[N+]1(C)C=CN=C1.N#CN=C=[N-]. The Morgan fingerprint density at radius 2 is 2.33 bits per heavy atom. The Kier molecular flexibility index (Phi) is 6.73. The normalized spacial score (nSPS) is 21.1. The van der Waals surface area contributed by atoms with Crippen molar-refractivity contribution in [1.29, 1.82) is 5.26 Å². The second-order valence-corrected chi connectivity index (χ2v) is 3.30. The summed E-state index contributed by atoms with van der Waals surface area (Å²) in [6.07, 6.45) is 9.78.